The minimum Gasteiger partial charge on any atom is -0.466 e. The molecule has 7 nitrogen and oxygen atoms in total. The molecule has 0 fully saturated rings. The first-order valence-electron chi connectivity index (χ1n) is 9.11. The maximum Gasteiger partial charge on any atom is 0.305 e. The van der Waals surface area contributed by atoms with Gasteiger partial charge in [0.05, 0.1) is 12.4 Å². The summed E-state index contributed by atoms with van der Waals surface area (Å²) in [6.45, 7) is 7.40. The highest BCUT2D eigenvalue weighted by Crippen LogP contribution is 2.26. The molecule has 0 aliphatic heterocycles. The molecular formula is C19H26N4O3S. The van der Waals surface area contributed by atoms with Crippen molar-refractivity contribution in [2.75, 3.05) is 18.9 Å². The van der Waals surface area contributed by atoms with E-state index in [1.54, 1.807) is 6.92 Å². The second-order valence-corrected chi connectivity index (χ2v) is 6.86. The molecule has 1 aromatic heterocycles. The molecule has 1 heterocycles. The summed E-state index contributed by atoms with van der Waals surface area (Å²) in [7, 11) is 0. The Labute approximate surface area is 163 Å². The van der Waals surface area contributed by atoms with E-state index in [1.807, 2.05) is 42.7 Å². The summed E-state index contributed by atoms with van der Waals surface area (Å²) >= 11 is 1.36. The molecule has 0 aliphatic rings. The molecule has 0 saturated carbocycles. The molecule has 1 amide bonds. The van der Waals surface area contributed by atoms with Gasteiger partial charge in [0.15, 0.2) is 11.0 Å². The van der Waals surface area contributed by atoms with Crippen molar-refractivity contribution in [1.82, 2.24) is 20.1 Å². The molecule has 0 bridgehead atoms. The number of amides is 1. The molecule has 0 spiro atoms. The number of hydrogen-bond acceptors (Lipinski definition) is 6. The van der Waals surface area contributed by atoms with Crippen LogP contribution in [0.15, 0.2) is 29.4 Å². The highest BCUT2D eigenvalue weighted by Gasteiger charge is 2.15. The largest absolute Gasteiger partial charge is 0.466 e. The number of nitrogens with zero attached hydrogens (tertiary/aromatic N) is 3. The van der Waals surface area contributed by atoms with E-state index in [-0.39, 0.29) is 17.6 Å². The zero-order valence-electron chi connectivity index (χ0n) is 16.0. The van der Waals surface area contributed by atoms with Crippen molar-refractivity contribution in [3.63, 3.8) is 0 Å². The van der Waals surface area contributed by atoms with Crippen LogP contribution in [0, 0.1) is 6.92 Å². The van der Waals surface area contributed by atoms with E-state index >= 15 is 0 Å². The summed E-state index contributed by atoms with van der Waals surface area (Å²) in [6, 6.07) is 8.04. The van der Waals surface area contributed by atoms with Gasteiger partial charge in [-0.15, -0.1) is 10.2 Å². The Hall–Kier alpha value is -2.35. The Morgan fingerprint density at radius 1 is 1.22 bits per heavy atom. The first-order chi connectivity index (χ1) is 13.1. The lowest BCUT2D eigenvalue weighted by atomic mass is 10.1. The van der Waals surface area contributed by atoms with E-state index < -0.39 is 0 Å². The fraction of sp³-hybridized carbons (Fsp3) is 0.474. The number of aromatic nitrogens is 3. The van der Waals surface area contributed by atoms with Gasteiger partial charge in [0.1, 0.15) is 0 Å². The average molecular weight is 391 g/mol. The summed E-state index contributed by atoms with van der Waals surface area (Å²) in [5.41, 5.74) is 2.18. The SMILES string of the molecule is CCOC(=O)CCCNC(=O)CSc1nnc(-c2ccccc2C)n1CC. The van der Waals surface area contributed by atoms with Gasteiger partial charge < -0.3 is 14.6 Å². The van der Waals surface area contributed by atoms with Crippen molar-refractivity contribution in [3.8, 4) is 11.4 Å². The number of benzene rings is 1. The molecular weight excluding hydrogens is 364 g/mol. The standard InChI is InChI=1S/C19H26N4O3S/c1-4-23-18(15-10-7-6-9-14(15)3)21-22-19(23)27-13-16(24)20-12-8-11-17(25)26-5-2/h6-7,9-10H,4-5,8,11-13H2,1-3H3,(H,20,24). The van der Waals surface area contributed by atoms with Gasteiger partial charge in [-0.3, -0.25) is 9.59 Å². The molecule has 2 rings (SSSR count). The Kier molecular flexibility index (Phi) is 8.32. The molecule has 0 radical (unpaired) electrons. The fourth-order valence-electron chi connectivity index (χ4n) is 2.58. The number of hydrogen-bond donors (Lipinski definition) is 1. The van der Waals surface area contributed by atoms with E-state index in [2.05, 4.69) is 15.5 Å². The number of carbonyl (C=O) groups excluding carboxylic acids is 2. The predicted octanol–water partition coefficient (Wildman–Crippen LogP) is 2.83. The first kappa shape index (κ1) is 21.0. The topological polar surface area (TPSA) is 86.1 Å². The molecule has 0 atom stereocenters. The Morgan fingerprint density at radius 3 is 2.70 bits per heavy atom. The highest BCUT2D eigenvalue weighted by molar-refractivity contribution is 7.99. The molecule has 0 aliphatic carbocycles. The van der Waals surface area contributed by atoms with Gasteiger partial charge in [-0.25, -0.2) is 0 Å². The van der Waals surface area contributed by atoms with Crippen LogP contribution in [0.1, 0.15) is 32.3 Å². The second-order valence-electron chi connectivity index (χ2n) is 5.91. The maximum atomic E-state index is 12.0. The summed E-state index contributed by atoms with van der Waals surface area (Å²) < 4.78 is 6.87. The number of ether oxygens (including phenoxy) is 1. The van der Waals surface area contributed by atoms with Crippen LogP contribution in [0.3, 0.4) is 0 Å². The summed E-state index contributed by atoms with van der Waals surface area (Å²) in [6.07, 6.45) is 0.878. The number of aryl methyl sites for hydroxylation is 1. The van der Waals surface area contributed by atoms with E-state index in [9.17, 15) is 9.59 Å². The van der Waals surface area contributed by atoms with E-state index in [0.717, 1.165) is 28.7 Å². The smallest absolute Gasteiger partial charge is 0.305 e. The normalized spacial score (nSPS) is 10.6. The zero-order chi connectivity index (χ0) is 19.6. The lowest BCUT2D eigenvalue weighted by Gasteiger charge is -2.09. The number of carbonyl (C=O) groups is 2. The van der Waals surface area contributed by atoms with Crippen molar-refractivity contribution in [3.05, 3.63) is 29.8 Å². The summed E-state index contributed by atoms with van der Waals surface area (Å²) in [5.74, 6) is 0.742. The summed E-state index contributed by atoms with van der Waals surface area (Å²) in [5, 5.41) is 12.1. The molecule has 0 saturated heterocycles. The Morgan fingerprint density at radius 2 is 2.00 bits per heavy atom. The molecule has 1 N–H and O–H groups in total. The minimum absolute atomic E-state index is 0.0908. The quantitative estimate of drug-likeness (QED) is 0.381. The Bertz CT molecular complexity index is 776. The zero-order valence-corrected chi connectivity index (χ0v) is 16.8. The van der Waals surface area contributed by atoms with Crippen LogP contribution in [-0.4, -0.2) is 45.5 Å². The van der Waals surface area contributed by atoms with E-state index in [1.165, 1.54) is 11.8 Å². The predicted molar refractivity (Wildman–Crippen MR) is 105 cm³/mol. The van der Waals surface area contributed by atoms with E-state index in [4.69, 9.17) is 4.74 Å². The molecule has 146 valence electrons. The number of esters is 1. The molecule has 2 aromatic rings. The highest BCUT2D eigenvalue weighted by atomic mass is 32.2. The van der Waals surface area contributed by atoms with Crippen molar-refractivity contribution in [2.24, 2.45) is 0 Å². The lowest BCUT2D eigenvalue weighted by molar-refractivity contribution is -0.143. The van der Waals surface area contributed by atoms with Crippen LogP contribution in [0.4, 0.5) is 0 Å². The third-order valence-electron chi connectivity index (χ3n) is 3.94. The van der Waals surface area contributed by atoms with Crippen molar-refractivity contribution in [1.29, 1.82) is 0 Å². The summed E-state index contributed by atoms with van der Waals surface area (Å²) in [4.78, 5) is 23.3. The van der Waals surface area contributed by atoms with Crippen LogP contribution < -0.4 is 5.32 Å². The average Bonchev–Trinajstić information content (AvgIpc) is 3.07. The van der Waals surface area contributed by atoms with Crippen molar-refractivity contribution in [2.45, 2.75) is 45.3 Å². The van der Waals surface area contributed by atoms with Gasteiger partial charge in [0, 0.05) is 25.1 Å². The number of thioether (sulfide) groups is 1. The third-order valence-corrected chi connectivity index (χ3v) is 4.90. The van der Waals surface area contributed by atoms with Gasteiger partial charge in [-0.1, -0.05) is 36.0 Å². The third kappa shape index (κ3) is 6.09. The first-order valence-corrected chi connectivity index (χ1v) is 10.1. The van der Waals surface area contributed by atoms with Crippen molar-refractivity contribution >= 4 is 23.6 Å². The van der Waals surface area contributed by atoms with Gasteiger partial charge in [-0.05, 0) is 32.8 Å². The van der Waals surface area contributed by atoms with Crippen LogP contribution in [0.25, 0.3) is 11.4 Å². The van der Waals surface area contributed by atoms with Crippen molar-refractivity contribution < 1.29 is 14.3 Å². The van der Waals surface area contributed by atoms with Crippen LogP contribution >= 0.6 is 11.8 Å². The fourth-order valence-corrected chi connectivity index (χ4v) is 3.41. The van der Waals surface area contributed by atoms with Gasteiger partial charge in [0.25, 0.3) is 0 Å². The molecule has 8 heteroatoms. The van der Waals surface area contributed by atoms with Crippen LogP contribution in [-0.2, 0) is 20.9 Å². The van der Waals surface area contributed by atoms with Gasteiger partial charge in [0.2, 0.25) is 5.91 Å². The van der Waals surface area contributed by atoms with Crippen LogP contribution in [0.5, 0.6) is 0 Å². The minimum atomic E-state index is -0.235. The number of nitrogens with one attached hydrogen (secondary N) is 1. The second kappa shape index (κ2) is 10.7. The molecule has 1 aromatic carbocycles. The van der Waals surface area contributed by atoms with Gasteiger partial charge >= 0.3 is 5.97 Å². The molecule has 0 unspecified atom stereocenters. The van der Waals surface area contributed by atoms with Gasteiger partial charge in [-0.2, -0.15) is 0 Å². The number of rotatable bonds is 10. The van der Waals surface area contributed by atoms with E-state index in [0.29, 0.717) is 26.0 Å². The maximum absolute atomic E-state index is 12.0. The lowest BCUT2D eigenvalue weighted by Crippen LogP contribution is -2.26. The monoisotopic (exact) mass is 390 g/mol. The molecule has 27 heavy (non-hydrogen) atoms. The Balaban J connectivity index is 1.86. The van der Waals surface area contributed by atoms with Crippen LogP contribution in [0.2, 0.25) is 0 Å².